The molecule has 9 heteroatoms. The van der Waals surface area contributed by atoms with Crippen LogP contribution in [-0.4, -0.2) is 10.8 Å². The van der Waals surface area contributed by atoms with Crippen molar-refractivity contribution in [3.8, 4) is 17.2 Å². The Morgan fingerprint density at radius 2 is 1.80 bits per heavy atom. The number of aryl methyl sites for hydroxylation is 2. The molecule has 1 heterocycles. The first-order chi connectivity index (χ1) is 16.8. The van der Waals surface area contributed by atoms with Gasteiger partial charge in [-0.1, -0.05) is 29.8 Å². The quantitative estimate of drug-likeness (QED) is 0.208. The van der Waals surface area contributed by atoms with E-state index in [1.165, 1.54) is 24.3 Å². The minimum Gasteiger partial charge on any atom is -0.486 e. The summed E-state index contributed by atoms with van der Waals surface area (Å²) in [5.74, 6) is 1.29. The molecule has 0 bridgehead atoms. The van der Waals surface area contributed by atoms with Gasteiger partial charge in [0, 0.05) is 17.2 Å². The molecule has 4 rings (SSSR count). The van der Waals surface area contributed by atoms with Crippen molar-refractivity contribution in [3.05, 3.63) is 111 Å². The summed E-state index contributed by atoms with van der Waals surface area (Å²) in [6.45, 7) is 3.84. The molecule has 0 aliphatic heterocycles. The smallest absolute Gasteiger partial charge is 0.291 e. The van der Waals surface area contributed by atoms with Gasteiger partial charge in [-0.15, -0.1) is 0 Å². The average Bonchev–Trinajstić information content (AvgIpc) is 3.30. The van der Waals surface area contributed by atoms with Crippen molar-refractivity contribution in [2.24, 2.45) is 0 Å². The lowest BCUT2D eigenvalue weighted by atomic mass is 10.2. The fourth-order valence-electron chi connectivity index (χ4n) is 3.25. The highest BCUT2D eigenvalue weighted by Gasteiger charge is 2.17. The second-order valence-electron chi connectivity index (χ2n) is 7.76. The van der Waals surface area contributed by atoms with Crippen LogP contribution in [0.5, 0.6) is 17.2 Å². The summed E-state index contributed by atoms with van der Waals surface area (Å²) in [7, 11) is 0. The summed E-state index contributed by atoms with van der Waals surface area (Å²) in [4.78, 5) is 23.6. The van der Waals surface area contributed by atoms with Gasteiger partial charge in [0.15, 0.2) is 5.76 Å². The van der Waals surface area contributed by atoms with Crippen LogP contribution in [-0.2, 0) is 6.61 Å². The zero-order valence-corrected chi connectivity index (χ0v) is 19.7. The van der Waals surface area contributed by atoms with E-state index in [9.17, 15) is 14.9 Å². The van der Waals surface area contributed by atoms with E-state index in [0.29, 0.717) is 22.3 Å². The molecule has 1 N–H and O–H groups in total. The number of carbonyl (C=O) groups excluding carboxylic acids is 1. The third-order valence-corrected chi connectivity index (χ3v) is 5.50. The van der Waals surface area contributed by atoms with Crippen LogP contribution in [0, 0.1) is 24.0 Å². The number of ether oxygens (including phenoxy) is 2. The van der Waals surface area contributed by atoms with Crippen LogP contribution in [0.3, 0.4) is 0 Å². The van der Waals surface area contributed by atoms with Crippen LogP contribution in [0.1, 0.15) is 27.4 Å². The van der Waals surface area contributed by atoms with Gasteiger partial charge in [-0.2, -0.15) is 0 Å². The van der Waals surface area contributed by atoms with Crippen molar-refractivity contribution in [2.45, 2.75) is 20.5 Å². The summed E-state index contributed by atoms with van der Waals surface area (Å²) in [6, 6.07) is 19.7. The second-order valence-corrected chi connectivity index (χ2v) is 8.17. The Bertz CT molecular complexity index is 1400. The van der Waals surface area contributed by atoms with Gasteiger partial charge in [-0.05, 0) is 61.4 Å². The molecule has 4 aromatic rings. The van der Waals surface area contributed by atoms with Crippen molar-refractivity contribution in [3.63, 3.8) is 0 Å². The van der Waals surface area contributed by atoms with E-state index < -0.39 is 10.8 Å². The molecular formula is C26H21ClN2O6. The molecule has 35 heavy (non-hydrogen) atoms. The van der Waals surface area contributed by atoms with E-state index in [1.54, 1.807) is 36.4 Å². The third-order valence-electron chi connectivity index (χ3n) is 5.08. The van der Waals surface area contributed by atoms with Crippen molar-refractivity contribution in [1.29, 1.82) is 0 Å². The number of nitrogens with one attached hydrogen (secondary N) is 1. The van der Waals surface area contributed by atoms with Gasteiger partial charge in [0.1, 0.15) is 29.6 Å². The number of halogens is 1. The van der Waals surface area contributed by atoms with Crippen LogP contribution < -0.4 is 14.8 Å². The summed E-state index contributed by atoms with van der Waals surface area (Å²) in [5.41, 5.74) is 1.71. The number of anilines is 1. The minimum atomic E-state index is -0.569. The van der Waals surface area contributed by atoms with Gasteiger partial charge in [-0.3, -0.25) is 14.9 Å². The zero-order valence-electron chi connectivity index (χ0n) is 18.9. The van der Waals surface area contributed by atoms with Crippen LogP contribution in [0.15, 0.2) is 77.2 Å². The molecule has 8 nitrogen and oxygen atoms in total. The highest BCUT2D eigenvalue weighted by Crippen LogP contribution is 2.31. The maximum Gasteiger partial charge on any atom is 0.291 e. The number of furan rings is 1. The number of rotatable bonds is 8. The number of carbonyl (C=O) groups is 1. The highest BCUT2D eigenvalue weighted by molar-refractivity contribution is 6.31. The number of nitrogens with zero attached hydrogens (tertiary/aromatic N) is 1. The first kappa shape index (κ1) is 23.8. The molecule has 3 aromatic carbocycles. The van der Waals surface area contributed by atoms with Crippen LogP contribution in [0.2, 0.25) is 5.02 Å². The number of benzene rings is 3. The van der Waals surface area contributed by atoms with E-state index in [2.05, 4.69) is 5.32 Å². The van der Waals surface area contributed by atoms with E-state index >= 15 is 0 Å². The number of non-ortho nitro benzene ring substituents is 1. The van der Waals surface area contributed by atoms with Gasteiger partial charge in [0.25, 0.3) is 11.6 Å². The summed E-state index contributed by atoms with van der Waals surface area (Å²) < 4.78 is 17.1. The van der Waals surface area contributed by atoms with Crippen LogP contribution in [0.25, 0.3) is 0 Å². The Labute approximate surface area is 206 Å². The minimum absolute atomic E-state index is 0.0313. The Kier molecular flexibility index (Phi) is 7.03. The SMILES string of the molecule is Cc1cc(OCc2ccc(C(=O)Nc3cc(Oc4ccccc4C)cc([N+](=O)[O-])c3)o2)ccc1Cl. The average molecular weight is 493 g/mol. The number of para-hydroxylation sites is 1. The summed E-state index contributed by atoms with van der Waals surface area (Å²) >= 11 is 6.02. The molecular weight excluding hydrogens is 472 g/mol. The molecule has 0 aliphatic rings. The van der Waals surface area contributed by atoms with Crippen LogP contribution in [0.4, 0.5) is 11.4 Å². The van der Waals surface area contributed by atoms with Gasteiger partial charge in [-0.25, -0.2) is 0 Å². The molecule has 0 aliphatic carbocycles. The van der Waals surface area contributed by atoms with Gasteiger partial charge < -0.3 is 19.2 Å². The standard InChI is InChI=1S/C26H21ClN2O6/c1-16-5-3-4-6-24(16)35-22-13-18(12-19(14-22)29(31)32)28-26(30)25-10-8-21(34-25)15-33-20-7-9-23(27)17(2)11-20/h3-14H,15H2,1-2H3,(H,28,30). The lowest BCUT2D eigenvalue weighted by Crippen LogP contribution is -2.11. The lowest BCUT2D eigenvalue weighted by Gasteiger charge is -2.10. The first-order valence-electron chi connectivity index (χ1n) is 10.6. The number of hydrogen-bond acceptors (Lipinski definition) is 6. The van der Waals surface area contributed by atoms with Crippen molar-refractivity contribution >= 4 is 28.9 Å². The van der Waals surface area contributed by atoms with E-state index in [-0.39, 0.29) is 29.5 Å². The predicted octanol–water partition coefficient (Wildman–Crippen LogP) is 7.08. The third kappa shape index (κ3) is 5.99. The molecule has 0 saturated heterocycles. The molecule has 1 amide bonds. The first-order valence-corrected chi connectivity index (χ1v) is 11.0. The monoisotopic (exact) mass is 492 g/mol. The van der Waals surface area contributed by atoms with E-state index in [0.717, 1.165) is 11.1 Å². The predicted molar refractivity (Wildman–Crippen MR) is 132 cm³/mol. The molecule has 1 aromatic heterocycles. The van der Waals surface area contributed by atoms with E-state index in [4.69, 9.17) is 25.5 Å². The van der Waals surface area contributed by atoms with Gasteiger partial charge in [0.05, 0.1) is 16.7 Å². The number of hydrogen-bond donors (Lipinski definition) is 1. The number of nitro groups is 1. The Morgan fingerprint density at radius 1 is 1.00 bits per heavy atom. The molecule has 0 fully saturated rings. The Balaban J connectivity index is 1.46. The molecule has 0 saturated carbocycles. The van der Waals surface area contributed by atoms with Crippen LogP contribution >= 0.6 is 11.6 Å². The van der Waals surface area contributed by atoms with Crippen molar-refractivity contribution < 1.29 is 23.6 Å². The summed E-state index contributed by atoms with van der Waals surface area (Å²) in [6.07, 6.45) is 0. The molecule has 178 valence electrons. The molecule has 0 radical (unpaired) electrons. The maximum atomic E-state index is 12.7. The van der Waals surface area contributed by atoms with Crippen molar-refractivity contribution in [1.82, 2.24) is 0 Å². The summed E-state index contributed by atoms with van der Waals surface area (Å²) in [5, 5.41) is 14.7. The highest BCUT2D eigenvalue weighted by atomic mass is 35.5. The largest absolute Gasteiger partial charge is 0.486 e. The topological polar surface area (TPSA) is 104 Å². The van der Waals surface area contributed by atoms with E-state index in [1.807, 2.05) is 26.0 Å². The maximum absolute atomic E-state index is 12.7. The zero-order chi connectivity index (χ0) is 24.9. The molecule has 0 unspecified atom stereocenters. The fourth-order valence-corrected chi connectivity index (χ4v) is 3.37. The van der Waals surface area contributed by atoms with Gasteiger partial charge >= 0.3 is 0 Å². The lowest BCUT2D eigenvalue weighted by molar-refractivity contribution is -0.384. The molecule has 0 spiro atoms. The Hall–Kier alpha value is -4.30. The second kappa shape index (κ2) is 10.3. The number of nitro benzene ring substituents is 1. The number of amides is 1. The Morgan fingerprint density at radius 3 is 2.54 bits per heavy atom. The molecule has 0 atom stereocenters. The van der Waals surface area contributed by atoms with Crippen molar-refractivity contribution in [2.75, 3.05) is 5.32 Å². The fraction of sp³-hybridized carbons (Fsp3) is 0.115. The van der Waals surface area contributed by atoms with Gasteiger partial charge in [0.2, 0.25) is 0 Å². The normalized spacial score (nSPS) is 10.6.